The molecule has 0 radical (unpaired) electrons. The highest BCUT2D eigenvalue weighted by Gasteiger charge is 2.15. The maximum atomic E-state index is 11.4. The Kier molecular flexibility index (Phi) is 6.86. The summed E-state index contributed by atoms with van der Waals surface area (Å²) in [5, 5.41) is 4.19. The number of hydrogen-bond acceptors (Lipinski definition) is 6. The number of esters is 1. The Balaban J connectivity index is 2.37. The number of nitrogens with two attached hydrogens (primary N) is 1. The van der Waals surface area contributed by atoms with E-state index in [9.17, 15) is 4.79 Å². The predicted octanol–water partition coefficient (Wildman–Crippen LogP) is 1.06. The third-order valence-corrected chi connectivity index (χ3v) is 3.41. The van der Waals surface area contributed by atoms with E-state index in [1.807, 2.05) is 4.68 Å². The van der Waals surface area contributed by atoms with E-state index in [2.05, 4.69) is 23.9 Å². The first-order valence-electron chi connectivity index (χ1n) is 6.41. The Hall–Kier alpha value is -1.08. The summed E-state index contributed by atoms with van der Waals surface area (Å²) in [6.07, 6.45) is 1.56. The Bertz CT molecular complexity index is 395. The van der Waals surface area contributed by atoms with Gasteiger partial charge >= 0.3 is 5.97 Å². The van der Waals surface area contributed by atoms with Crippen molar-refractivity contribution < 1.29 is 9.53 Å². The van der Waals surface area contributed by atoms with E-state index in [0.29, 0.717) is 24.0 Å². The van der Waals surface area contributed by atoms with Crippen LogP contribution in [-0.4, -0.2) is 39.1 Å². The second-order valence-corrected chi connectivity index (χ2v) is 5.66. The molecule has 1 unspecified atom stereocenters. The number of aromatic nitrogens is 3. The predicted molar refractivity (Wildman–Crippen MR) is 75.6 cm³/mol. The average Bonchev–Trinajstić information content (AvgIpc) is 2.76. The maximum Gasteiger partial charge on any atom is 0.323 e. The minimum Gasteiger partial charge on any atom is -0.465 e. The lowest BCUT2D eigenvalue weighted by atomic mass is 10.2. The number of ether oxygens (including phenoxy) is 1. The molecule has 0 bridgehead atoms. The highest BCUT2D eigenvalue weighted by Crippen LogP contribution is 2.12. The van der Waals surface area contributed by atoms with Crippen LogP contribution in [0.15, 0.2) is 6.33 Å². The summed E-state index contributed by atoms with van der Waals surface area (Å²) in [4.78, 5) is 15.6. The topological polar surface area (TPSA) is 83.0 Å². The first-order valence-corrected chi connectivity index (χ1v) is 7.56. The van der Waals surface area contributed by atoms with Gasteiger partial charge < -0.3 is 10.5 Å². The third-order valence-electron chi connectivity index (χ3n) is 2.35. The zero-order valence-corrected chi connectivity index (χ0v) is 12.5. The highest BCUT2D eigenvalue weighted by molar-refractivity contribution is 7.98. The number of rotatable bonds is 8. The van der Waals surface area contributed by atoms with Gasteiger partial charge in [-0.15, -0.1) is 0 Å². The van der Waals surface area contributed by atoms with Gasteiger partial charge in [-0.1, -0.05) is 13.8 Å². The summed E-state index contributed by atoms with van der Waals surface area (Å²) in [6, 6.07) is -0.577. The summed E-state index contributed by atoms with van der Waals surface area (Å²) in [5.41, 5.74) is 5.72. The minimum absolute atomic E-state index is 0.348. The van der Waals surface area contributed by atoms with E-state index in [-0.39, 0.29) is 5.97 Å². The molecular weight excluding hydrogens is 264 g/mol. The quantitative estimate of drug-likeness (QED) is 0.719. The van der Waals surface area contributed by atoms with Crippen molar-refractivity contribution in [2.24, 2.45) is 11.7 Å². The molecule has 1 atom stereocenters. The van der Waals surface area contributed by atoms with Gasteiger partial charge in [-0.2, -0.15) is 16.9 Å². The first-order chi connectivity index (χ1) is 9.04. The van der Waals surface area contributed by atoms with Gasteiger partial charge in [0.15, 0.2) is 0 Å². The van der Waals surface area contributed by atoms with Crippen molar-refractivity contribution in [2.45, 2.75) is 39.1 Å². The number of carbonyl (C=O) groups excluding carboxylic acids is 1. The van der Waals surface area contributed by atoms with Gasteiger partial charge in [0, 0.05) is 12.3 Å². The average molecular weight is 286 g/mol. The van der Waals surface area contributed by atoms with Crippen LogP contribution >= 0.6 is 11.8 Å². The van der Waals surface area contributed by atoms with E-state index in [0.717, 1.165) is 12.4 Å². The fourth-order valence-electron chi connectivity index (χ4n) is 1.49. The standard InChI is InChI=1S/C12H22N4O2S/c1-4-18-12(17)10(13)6-19-7-11-14-8-15-16(11)5-9(2)3/h8-10H,4-7,13H2,1-3H3. The van der Waals surface area contributed by atoms with Gasteiger partial charge in [0.1, 0.15) is 18.2 Å². The molecule has 0 aliphatic carbocycles. The van der Waals surface area contributed by atoms with E-state index >= 15 is 0 Å². The molecule has 0 fully saturated rings. The molecule has 0 aromatic carbocycles. The Morgan fingerprint density at radius 1 is 1.58 bits per heavy atom. The van der Waals surface area contributed by atoms with Crippen molar-refractivity contribution in [3.05, 3.63) is 12.2 Å². The molecule has 2 N–H and O–H groups in total. The molecule has 0 saturated heterocycles. The molecule has 1 aromatic heterocycles. The lowest BCUT2D eigenvalue weighted by Crippen LogP contribution is -2.34. The molecule has 6 nitrogen and oxygen atoms in total. The molecule has 0 amide bonds. The highest BCUT2D eigenvalue weighted by atomic mass is 32.2. The van der Waals surface area contributed by atoms with Gasteiger partial charge in [0.25, 0.3) is 0 Å². The molecule has 1 heterocycles. The monoisotopic (exact) mass is 286 g/mol. The van der Waals surface area contributed by atoms with E-state index in [1.54, 1.807) is 25.0 Å². The molecular formula is C12H22N4O2S. The van der Waals surface area contributed by atoms with Crippen LogP contribution in [0, 0.1) is 5.92 Å². The molecule has 19 heavy (non-hydrogen) atoms. The largest absolute Gasteiger partial charge is 0.465 e. The fraction of sp³-hybridized carbons (Fsp3) is 0.750. The van der Waals surface area contributed by atoms with Crippen LogP contribution in [0.4, 0.5) is 0 Å². The Morgan fingerprint density at radius 3 is 2.95 bits per heavy atom. The van der Waals surface area contributed by atoms with Crippen molar-refractivity contribution >= 4 is 17.7 Å². The number of thioether (sulfide) groups is 1. The second kappa shape index (κ2) is 8.16. The zero-order valence-electron chi connectivity index (χ0n) is 11.7. The van der Waals surface area contributed by atoms with Crippen molar-refractivity contribution in [2.75, 3.05) is 12.4 Å². The Morgan fingerprint density at radius 2 is 2.32 bits per heavy atom. The maximum absolute atomic E-state index is 11.4. The smallest absolute Gasteiger partial charge is 0.323 e. The Labute approximate surface area is 118 Å². The van der Waals surface area contributed by atoms with Gasteiger partial charge in [0.2, 0.25) is 0 Å². The summed E-state index contributed by atoms with van der Waals surface area (Å²) < 4.78 is 6.75. The second-order valence-electron chi connectivity index (χ2n) is 4.63. The van der Waals surface area contributed by atoms with Crippen LogP contribution in [0.25, 0.3) is 0 Å². The molecule has 0 spiro atoms. The van der Waals surface area contributed by atoms with E-state index < -0.39 is 6.04 Å². The lowest BCUT2D eigenvalue weighted by molar-refractivity contribution is -0.144. The molecule has 1 aromatic rings. The summed E-state index contributed by atoms with van der Waals surface area (Å²) in [6.45, 7) is 7.25. The van der Waals surface area contributed by atoms with Gasteiger partial charge in [-0.25, -0.2) is 9.67 Å². The normalized spacial score (nSPS) is 12.7. The molecule has 7 heteroatoms. The minimum atomic E-state index is -0.577. The van der Waals surface area contributed by atoms with Crippen LogP contribution in [0.3, 0.4) is 0 Å². The van der Waals surface area contributed by atoms with Gasteiger partial charge in [-0.3, -0.25) is 4.79 Å². The molecule has 0 saturated carbocycles. The molecule has 0 aliphatic rings. The van der Waals surface area contributed by atoms with Gasteiger partial charge in [-0.05, 0) is 12.8 Å². The lowest BCUT2D eigenvalue weighted by Gasteiger charge is -2.11. The summed E-state index contributed by atoms with van der Waals surface area (Å²) in [7, 11) is 0. The SMILES string of the molecule is CCOC(=O)C(N)CSCc1ncnn1CC(C)C. The molecule has 0 aliphatic heterocycles. The number of hydrogen-bond donors (Lipinski definition) is 1. The van der Waals surface area contributed by atoms with Crippen molar-refractivity contribution in [3.63, 3.8) is 0 Å². The van der Waals surface area contributed by atoms with Crippen molar-refractivity contribution in [1.29, 1.82) is 0 Å². The van der Waals surface area contributed by atoms with Crippen LogP contribution < -0.4 is 5.73 Å². The van der Waals surface area contributed by atoms with Gasteiger partial charge in [0.05, 0.1) is 12.4 Å². The van der Waals surface area contributed by atoms with Crippen LogP contribution in [-0.2, 0) is 21.8 Å². The van der Waals surface area contributed by atoms with Crippen LogP contribution in [0.5, 0.6) is 0 Å². The molecule has 1 rings (SSSR count). The number of nitrogens with zero attached hydrogens (tertiary/aromatic N) is 3. The molecule has 108 valence electrons. The number of carbonyl (C=O) groups is 1. The van der Waals surface area contributed by atoms with Crippen molar-refractivity contribution in [1.82, 2.24) is 14.8 Å². The summed E-state index contributed by atoms with van der Waals surface area (Å²) >= 11 is 1.57. The zero-order chi connectivity index (χ0) is 14.3. The van der Waals surface area contributed by atoms with Crippen LogP contribution in [0.1, 0.15) is 26.6 Å². The van der Waals surface area contributed by atoms with Crippen LogP contribution in [0.2, 0.25) is 0 Å². The third kappa shape index (κ3) is 5.61. The summed E-state index contributed by atoms with van der Waals surface area (Å²) in [5.74, 6) is 2.30. The first kappa shape index (κ1) is 16.0. The van der Waals surface area contributed by atoms with Crippen molar-refractivity contribution in [3.8, 4) is 0 Å². The van der Waals surface area contributed by atoms with E-state index in [1.165, 1.54) is 0 Å². The van der Waals surface area contributed by atoms with E-state index in [4.69, 9.17) is 10.5 Å². The fourth-order valence-corrected chi connectivity index (χ4v) is 2.41.